The number of carboxylic acid groups (broad SMARTS) is 1. The van der Waals surface area contributed by atoms with E-state index < -0.39 is 11.6 Å². The van der Waals surface area contributed by atoms with Gasteiger partial charge in [0.2, 0.25) is 0 Å². The van der Waals surface area contributed by atoms with Crippen LogP contribution in [-0.2, 0) is 17.8 Å². The van der Waals surface area contributed by atoms with Gasteiger partial charge in [0.05, 0.1) is 18.4 Å². The highest BCUT2D eigenvalue weighted by molar-refractivity contribution is 5.98. The third-order valence-corrected chi connectivity index (χ3v) is 7.54. The molecule has 0 saturated heterocycles. The Balaban J connectivity index is 1.74. The van der Waals surface area contributed by atoms with Crippen molar-refractivity contribution in [3.05, 3.63) is 53.1 Å². The Hall–Kier alpha value is -3.48. The first kappa shape index (κ1) is 25.2. The molecular formula is C30H36N2O5. The quantitative estimate of drug-likeness (QED) is 0.424. The standard InChI is InChI=1S/C30H36N2O5/c1-30(2,3)37-29(35)31-14-15-32-25-17-20(28(33)34)10-12-24(25)26(19-8-6-5-7-9-19)27(32)23-13-11-22(36-4)16-21(23)18-31/h10-13,16-17,19H,5-9,14-15,18H2,1-4H3,(H,33,34). The van der Waals surface area contributed by atoms with E-state index in [-0.39, 0.29) is 11.7 Å². The number of fused-ring (bicyclic) bond motifs is 5. The van der Waals surface area contributed by atoms with Gasteiger partial charge in [-0.1, -0.05) is 25.3 Å². The van der Waals surface area contributed by atoms with Gasteiger partial charge < -0.3 is 24.0 Å². The maximum absolute atomic E-state index is 13.2. The van der Waals surface area contributed by atoms with Crippen LogP contribution in [0.3, 0.4) is 0 Å². The molecule has 7 heteroatoms. The van der Waals surface area contributed by atoms with Crippen molar-refractivity contribution in [3.8, 4) is 17.0 Å². The number of carbonyl (C=O) groups is 2. The van der Waals surface area contributed by atoms with Crippen LogP contribution in [0.25, 0.3) is 22.2 Å². The molecule has 0 radical (unpaired) electrons. The molecule has 1 amide bonds. The molecule has 3 aromatic rings. The molecule has 1 aromatic heterocycles. The van der Waals surface area contributed by atoms with E-state index in [4.69, 9.17) is 9.47 Å². The molecule has 2 heterocycles. The maximum atomic E-state index is 13.2. The molecule has 1 saturated carbocycles. The second-order valence-corrected chi connectivity index (χ2v) is 11.2. The molecule has 0 unspecified atom stereocenters. The van der Waals surface area contributed by atoms with Crippen molar-refractivity contribution in [2.45, 2.75) is 77.5 Å². The number of nitrogens with zero attached hydrogens (tertiary/aromatic N) is 2. The van der Waals surface area contributed by atoms with Crippen molar-refractivity contribution in [1.82, 2.24) is 9.47 Å². The van der Waals surface area contributed by atoms with Crippen LogP contribution in [0.5, 0.6) is 5.75 Å². The molecule has 0 bridgehead atoms. The number of ether oxygens (including phenoxy) is 2. The number of benzene rings is 2. The van der Waals surface area contributed by atoms with Gasteiger partial charge in [-0.2, -0.15) is 0 Å². The molecule has 1 fully saturated rings. The van der Waals surface area contributed by atoms with Crippen LogP contribution in [0, 0.1) is 0 Å². The molecule has 7 nitrogen and oxygen atoms in total. The van der Waals surface area contributed by atoms with Crippen LogP contribution in [-0.4, -0.2) is 45.9 Å². The highest BCUT2D eigenvalue weighted by Gasteiger charge is 2.31. The molecule has 0 atom stereocenters. The fourth-order valence-corrected chi connectivity index (χ4v) is 5.88. The molecule has 37 heavy (non-hydrogen) atoms. The van der Waals surface area contributed by atoms with Crippen LogP contribution >= 0.6 is 0 Å². The van der Waals surface area contributed by atoms with Crippen LogP contribution in [0.4, 0.5) is 4.79 Å². The zero-order valence-corrected chi connectivity index (χ0v) is 22.2. The number of amides is 1. The monoisotopic (exact) mass is 504 g/mol. The Kier molecular flexibility index (Phi) is 6.65. The minimum atomic E-state index is -0.942. The van der Waals surface area contributed by atoms with Gasteiger partial charge >= 0.3 is 12.1 Å². The topological polar surface area (TPSA) is 81.0 Å². The molecule has 2 aromatic carbocycles. The fourth-order valence-electron chi connectivity index (χ4n) is 5.88. The second kappa shape index (κ2) is 9.77. The third-order valence-electron chi connectivity index (χ3n) is 7.54. The van der Waals surface area contributed by atoms with Crippen molar-refractivity contribution in [3.63, 3.8) is 0 Å². The lowest BCUT2D eigenvalue weighted by Crippen LogP contribution is -2.39. The summed E-state index contributed by atoms with van der Waals surface area (Å²) in [5.74, 6) is 0.209. The Morgan fingerprint density at radius 1 is 1.00 bits per heavy atom. The predicted molar refractivity (Wildman–Crippen MR) is 143 cm³/mol. The zero-order chi connectivity index (χ0) is 26.3. The van der Waals surface area contributed by atoms with E-state index in [1.807, 2.05) is 39.0 Å². The molecule has 196 valence electrons. The van der Waals surface area contributed by atoms with E-state index in [0.29, 0.717) is 25.6 Å². The van der Waals surface area contributed by atoms with Crippen LogP contribution in [0.2, 0.25) is 0 Å². The first-order valence-electron chi connectivity index (χ1n) is 13.2. The number of carboxylic acids is 1. The first-order chi connectivity index (χ1) is 17.7. The van der Waals surface area contributed by atoms with Crippen molar-refractivity contribution in [2.24, 2.45) is 0 Å². The van der Waals surface area contributed by atoms with Gasteiger partial charge in [-0.25, -0.2) is 9.59 Å². The lowest BCUT2D eigenvalue weighted by Gasteiger charge is -2.31. The number of aromatic carboxylic acids is 1. The maximum Gasteiger partial charge on any atom is 0.410 e. The van der Waals surface area contributed by atoms with Gasteiger partial charge in [0.1, 0.15) is 11.4 Å². The number of hydrogen-bond donors (Lipinski definition) is 1. The van der Waals surface area contributed by atoms with Gasteiger partial charge in [-0.3, -0.25) is 0 Å². The number of hydrogen-bond acceptors (Lipinski definition) is 4. The summed E-state index contributed by atoms with van der Waals surface area (Å²) in [6.45, 7) is 7.01. The first-order valence-corrected chi connectivity index (χ1v) is 13.2. The molecular weight excluding hydrogens is 468 g/mol. The molecule has 1 aliphatic carbocycles. The molecule has 1 N–H and O–H groups in total. The Labute approximate surface area is 218 Å². The van der Waals surface area contributed by atoms with Gasteiger partial charge in [-0.05, 0) is 81.0 Å². The lowest BCUT2D eigenvalue weighted by molar-refractivity contribution is 0.0226. The van der Waals surface area contributed by atoms with Crippen molar-refractivity contribution in [1.29, 1.82) is 0 Å². The summed E-state index contributed by atoms with van der Waals surface area (Å²) in [7, 11) is 1.65. The molecule has 0 spiro atoms. The van der Waals surface area contributed by atoms with Crippen LogP contribution in [0.15, 0.2) is 36.4 Å². The summed E-state index contributed by atoms with van der Waals surface area (Å²) >= 11 is 0. The SMILES string of the molecule is COc1ccc2c(c1)CN(C(=O)OC(C)(C)C)CCn1c-2c(C2CCCCC2)c2ccc(C(=O)O)cc21. The Morgan fingerprint density at radius 3 is 2.43 bits per heavy atom. The molecule has 5 rings (SSSR count). The third kappa shape index (κ3) is 4.91. The van der Waals surface area contributed by atoms with Gasteiger partial charge in [0.25, 0.3) is 0 Å². The minimum absolute atomic E-state index is 0.268. The van der Waals surface area contributed by atoms with Crippen molar-refractivity contribution >= 4 is 23.0 Å². The number of rotatable bonds is 3. The van der Waals surface area contributed by atoms with Crippen LogP contribution in [0.1, 0.15) is 80.3 Å². The predicted octanol–water partition coefficient (Wildman–Crippen LogP) is 6.81. The van der Waals surface area contributed by atoms with Crippen molar-refractivity contribution < 1.29 is 24.2 Å². The number of methoxy groups -OCH3 is 1. The average Bonchev–Trinajstić information content (AvgIpc) is 3.17. The zero-order valence-electron chi connectivity index (χ0n) is 22.2. The largest absolute Gasteiger partial charge is 0.497 e. The van der Waals surface area contributed by atoms with E-state index >= 15 is 0 Å². The van der Waals surface area contributed by atoms with Gasteiger partial charge in [0.15, 0.2) is 0 Å². The lowest BCUT2D eigenvalue weighted by atomic mass is 9.81. The summed E-state index contributed by atoms with van der Waals surface area (Å²) in [5.41, 5.74) is 5.07. The summed E-state index contributed by atoms with van der Waals surface area (Å²) < 4.78 is 13.5. The van der Waals surface area contributed by atoms with Crippen LogP contribution < -0.4 is 4.74 Å². The van der Waals surface area contributed by atoms with E-state index in [2.05, 4.69) is 10.6 Å². The normalized spacial score (nSPS) is 16.5. The number of aromatic nitrogens is 1. The van der Waals surface area contributed by atoms with E-state index in [1.54, 1.807) is 24.1 Å². The smallest absolute Gasteiger partial charge is 0.410 e. The van der Waals surface area contributed by atoms with Gasteiger partial charge in [-0.15, -0.1) is 0 Å². The summed E-state index contributed by atoms with van der Waals surface area (Å²) in [6, 6.07) is 11.5. The van der Waals surface area contributed by atoms with Gasteiger partial charge in [0, 0.05) is 36.1 Å². The number of carbonyl (C=O) groups excluding carboxylic acids is 1. The van der Waals surface area contributed by atoms with E-state index in [0.717, 1.165) is 46.3 Å². The Bertz CT molecular complexity index is 1340. The fraction of sp³-hybridized carbons (Fsp3) is 0.467. The Morgan fingerprint density at radius 2 is 1.76 bits per heavy atom. The summed E-state index contributed by atoms with van der Waals surface area (Å²) in [4.78, 5) is 26.8. The van der Waals surface area contributed by atoms with E-state index in [9.17, 15) is 14.7 Å². The molecule has 1 aliphatic heterocycles. The summed E-state index contributed by atoms with van der Waals surface area (Å²) in [6.07, 6.45) is 5.55. The van der Waals surface area contributed by atoms with Crippen molar-refractivity contribution in [2.75, 3.05) is 13.7 Å². The second-order valence-electron chi connectivity index (χ2n) is 11.2. The summed E-state index contributed by atoms with van der Waals surface area (Å²) in [5, 5.41) is 10.9. The highest BCUT2D eigenvalue weighted by atomic mass is 16.6. The molecule has 2 aliphatic rings. The minimum Gasteiger partial charge on any atom is -0.497 e. The van der Waals surface area contributed by atoms with E-state index in [1.165, 1.54) is 24.8 Å². The highest BCUT2D eigenvalue weighted by Crippen LogP contribution is 2.46. The average molecular weight is 505 g/mol.